The van der Waals surface area contributed by atoms with Gasteiger partial charge in [-0.25, -0.2) is 0 Å². The molecule has 21 heavy (non-hydrogen) atoms. The van der Waals surface area contributed by atoms with Gasteiger partial charge in [-0.3, -0.25) is 4.90 Å². The van der Waals surface area contributed by atoms with E-state index in [4.69, 9.17) is 10.5 Å². The number of hydrogen-bond donors (Lipinski definition) is 1. The van der Waals surface area contributed by atoms with E-state index in [2.05, 4.69) is 36.1 Å². The van der Waals surface area contributed by atoms with E-state index in [9.17, 15) is 0 Å². The molecule has 0 aliphatic carbocycles. The Hall–Kier alpha value is -0.940. The lowest BCUT2D eigenvalue weighted by Crippen LogP contribution is -2.39. The number of thiophene rings is 1. The molecule has 1 atom stereocenters. The van der Waals surface area contributed by atoms with Crippen LogP contribution in [0.1, 0.15) is 30.2 Å². The number of rotatable bonds is 5. The van der Waals surface area contributed by atoms with Gasteiger partial charge in [-0.05, 0) is 43.3 Å². The molecular formula is C17H24N2OS. The van der Waals surface area contributed by atoms with Crippen molar-refractivity contribution in [2.24, 2.45) is 5.73 Å². The predicted octanol–water partition coefficient (Wildman–Crippen LogP) is 3.36. The number of hydrogen-bond acceptors (Lipinski definition) is 4. The molecule has 1 aliphatic heterocycles. The maximum Gasteiger partial charge on any atom is 0.0702 e. The van der Waals surface area contributed by atoms with Gasteiger partial charge in [-0.2, -0.15) is 0 Å². The molecule has 0 spiro atoms. The Morgan fingerprint density at radius 3 is 3.05 bits per heavy atom. The first kappa shape index (κ1) is 15.0. The monoisotopic (exact) mass is 304 g/mol. The van der Waals surface area contributed by atoms with Gasteiger partial charge in [0.2, 0.25) is 0 Å². The van der Waals surface area contributed by atoms with E-state index in [1.165, 1.54) is 33.4 Å². The third-order valence-corrected chi connectivity index (χ3v) is 5.45. The first-order chi connectivity index (χ1) is 10.3. The van der Waals surface area contributed by atoms with Crippen LogP contribution in [0.3, 0.4) is 0 Å². The number of piperidine rings is 1. The van der Waals surface area contributed by atoms with Crippen LogP contribution < -0.4 is 5.73 Å². The highest BCUT2D eigenvalue weighted by Gasteiger charge is 2.22. The number of ether oxygens (including phenoxy) is 1. The highest BCUT2D eigenvalue weighted by Crippen LogP contribution is 2.32. The van der Waals surface area contributed by atoms with Crippen LogP contribution in [0, 0.1) is 0 Å². The summed E-state index contributed by atoms with van der Waals surface area (Å²) in [6.07, 6.45) is 2.82. The van der Waals surface area contributed by atoms with Crippen molar-refractivity contribution in [1.29, 1.82) is 0 Å². The number of benzene rings is 1. The van der Waals surface area contributed by atoms with E-state index in [1.54, 1.807) is 0 Å². The van der Waals surface area contributed by atoms with Gasteiger partial charge < -0.3 is 10.5 Å². The van der Waals surface area contributed by atoms with E-state index >= 15 is 0 Å². The molecule has 4 heteroatoms. The lowest BCUT2D eigenvalue weighted by atomic mass is 10.1. The van der Waals surface area contributed by atoms with Crippen LogP contribution in [0.5, 0.6) is 0 Å². The van der Waals surface area contributed by atoms with Crippen LogP contribution in [0.2, 0.25) is 0 Å². The molecule has 3 nitrogen and oxygen atoms in total. The van der Waals surface area contributed by atoms with Crippen LogP contribution in [-0.4, -0.2) is 30.7 Å². The van der Waals surface area contributed by atoms with Gasteiger partial charge in [0.05, 0.1) is 6.10 Å². The topological polar surface area (TPSA) is 38.5 Å². The minimum Gasteiger partial charge on any atom is -0.377 e. The zero-order valence-electron chi connectivity index (χ0n) is 12.7. The Bertz CT molecular complexity index is 593. The smallest absolute Gasteiger partial charge is 0.0702 e. The minimum atomic E-state index is 0.398. The SMILES string of the molecule is CCOC1CCCN(Cc2c(CN)sc3ccccc23)C1. The van der Waals surface area contributed by atoms with Crippen LogP contribution in [-0.2, 0) is 17.8 Å². The van der Waals surface area contributed by atoms with E-state index in [-0.39, 0.29) is 0 Å². The zero-order chi connectivity index (χ0) is 14.7. The summed E-state index contributed by atoms with van der Waals surface area (Å²) in [5.74, 6) is 0. The van der Waals surface area contributed by atoms with Crippen molar-refractivity contribution in [2.45, 2.75) is 39.0 Å². The van der Waals surface area contributed by atoms with Gasteiger partial charge in [-0.15, -0.1) is 11.3 Å². The standard InChI is InChI=1S/C17H24N2OS/c1-2-20-13-6-5-9-19(11-13)12-15-14-7-3-4-8-16(14)21-17(15)10-18/h3-4,7-8,13H,2,5-6,9-12,18H2,1H3. The molecule has 1 fully saturated rings. The van der Waals surface area contributed by atoms with Gasteiger partial charge in [0.1, 0.15) is 0 Å². The van der Waals surface area contributed by atoms with Crippen LogP contribution in [0.15, 0.2) is 24.3 Å². The molecule has 2 N–H and O–H groups in total. The molecule has 0 saturated carbocycles. The fourth-order valence-electron chi connectivity index (χ4n) is 3.24. The Morgan fingerprint density at radius 1 is 1.38 bits per heavy atom. The fraction of sp³-hybridized carbons (Fsp3) is 0.529. The van der Waals surface area contributed by atoms with Gasteiger partial charge in [0.15, 0.2) is 0 Å². The summed E-state index contributed by atoms with van der Waals surface area (Å²) in [5.41, 5.74) is 7.39. The van der Waals surface area contributed by atoms with Crippen molar-refractivity contribution < 1.29 is 4.74 Å². The van der Waals surface area contributed by atoms with Gasteiger partial charge in [0.25, 0.3) is 0 Å². The summed E-state index contributed by atoms with van der Waals surface area (Å²) >= 11 is 1.84. The summed E-state index contributed by atoms with van der Waals surface area (Å²) in [7, 11) is 0. The van der Waals surface area contributed by atoms with E-state index in [0.29, 0.717) is 12.6 Å². The largest absolute Gasteiger partial charge is 0.377 e. The van der Waals surface area contributed by atoms with Gasteiger partial charge >= 0.3 is 0 Å². The average molecular weight is 304 g/mol. The molecular weight excluding hydrogens is 280 g/mol. The predicted molar refractivity (Wildman–Crippen MR) is 89.6 cm³/mol. The molecule has 0 bridgehead atoms. The second-order valence-corrected chi connectivity index (χ2v) is 6.80. The first-order valence-electron chi connectivity index (χ1n) is 7.85. The summed E-state index contributed by atoms with van der Waals surface area (Å²) in [5, 5.41) is 1.38. The molecule has 114 valence electrons. The van der Waals surface area contributed by atoms with Crippen LogP contribution >= 0.6 is 11.3 Å². The highest BCUT2D eigenvalue weighted by atomic mass is 32.1. The van der Waals surface area contributed by atoms with Crippen LogP contribution in [0.4, 0.5) is 0 Å². The van der Waals surface area contributed by atoms with Crippen molar-refractivity contribution in [3.8, 4) is 0 Å². The molecule has 0 radical (unpaired) electrons. The Labute approximate surface area is 130 Å². The van der Waals surface area contributed by atoms with Crippen molar-refractivity contribution >= 4 is 21.4 Å². The first-order valence-corrected chi connectivity index (χ1v) is 8.66. The Morgan fingerprint density at radius 2 is 2.24 bits per heavy atom. The van der Waals surface area contributed by atoms with Crippen molar-refractivity contribution in [3.05, 3.63) is 34.7 Å². The molecule has 2 heterocycles. The molecule has 1 saturated heterocycles. The molecule has 1 unspecified atom stereocenters. The average Bonchev–Trinajstić information content (AvgIpc) is 2.86. The molecule has 1 aromatic heterocycles. The van der Waals surface area contributed by atoms with E-state index in [1.807, 2.05) is 11.3 Å². The molecule has 2 aromatic rings. The van der Waals surface area contributed by atoms with Crippen molar-refractivity contribution in [2.75, 3.05) is 19.7 Å². The molecule has 3 rings (SSSR count). The third kappa shape index (κ3) is 3.29. The maximum atomic E-state index is 5.96. The number of fused-ring (bicyclic) bond motifs is 1. The molecule has 1 aromatic carbocycles. The summed E-state index contributed by atoms with van der Waals surface area (Å²) < 4.78 is 7.17. The summed E-state index contributed by atoms with van der Waals surface area (Å²) in [4.78, 5) is 3.85. The number of nitrogens with two attached hydrogens (primary N) is 1. The Balaban J connectivity index is 1.80. The number of likely N-dealkylation sites (tertiary alicyclic amines) is 1. The molecule has 1 aliphatic rings. The lowest BCUT2D eigenvalue weighted by Gasteiger charge is -2.32. The van der Waals surface area contributed by atoms with Crippen molar-refractivity contribution in [3.63, 3.8) is 0 Å². The lowest BCUT2D eigenvalue weighted by molar-refractivity contribution is 0.00371. The van der Waals surface area contributed by atoms with Gasteiger partial charge in [-0.1, -0.05) is 18.2 Å². The summed E-state index contributed by atoms with van der Waals surface area (Å²) in [6, 6.07) is 8.65. The normalized spacial score (nSPS) is 20.2. The number of nitrogens with zero attached hydrogens (tertiary/aromatic N) is 1. The Kier molecular flexibility index (Phi) is 4.91. The van der Waals surface area contributed by atoms with E-state index < -0.39 is 0 Å². The minimum absolute atomic E-state index is 0.398. The van der Waals surface area contributed by atoms with Crippen molar-refractivity contribution in [1.82, 2.24) is 4.90 Å². The highest BCUT2D eigenvalue weighted by molar-refractivity contribution is 7.19. The quantitative estimate of drug-likeness (QED) is 0.920. The van der Waals surface area contributed by atoms with Gasteiger partial charge in [0, 0.05) is 35.8 Å². The van der Waals surface area contributed by atoms with Crippen LogP contribution in [0.25, 0.3) is 10.1 Å². The molecule has 0 amide bonds. The fourth-order valence-corrected chi connectivity index (χ4v) is 4.33. The maximum absolute atomic E-state index is 5.96. The third-order valence-electron chi connectivity index (χ3n) is 4.21. The second kappa shape index (κ2) is 6.88. The second-order valence-electron chi connectivity index (χ2n) is 5.66. The van der Waals surface area contributed by atoms with E-state index in [0.717, 1.165) is 26.2 Å². The summed E-state index contributed by atoms with van der Waals surface area (Å²) in [6.45, 7) is 6.74. The zero-order valence-corrected chi connectivity index (χ0v) is 13.5.